The molecule has 0 aliphatic rings. The maximum atomic E-state index is 13.5. The first-order chi connectivity index (χ1) is 9.19. The Morgan fingerprint density at radius 1 is 1.26 bits per heavy atom. The molecule has 0 bridgehead atoms. The standard InChI is InChI=1S/C15H19FN2O/c1-17-8-12-7-14(19-11-12)10-18(2)9-13-5-3-4-6-15(13)16/h3-7,11,17H,8-10H2,1-2H3. The fourth-order valence-corrected chi connectivity index (χ4v) is 2.05. The van der Waals surface area contributed by atoms with Crippen LogP contribution in [0.4, 0.5) is 4.39 Å². The van der Waals surface area contributed by atoms with E-state index < -0.39 is 0 Å². The molecule has 102 valence electrons. The van der Waals surface area contributed by atoms with Crippen LogP contribution in [-0.4, -0.2) is 19.0 Å². The number of rotatable bonds is 6. The van der Waals surface area contributed by atoms with Crippen LogP contribution in [0.15, 0.2) is 41.0 Å². The highest BCUT2D eigenvalue weighted by Gasteiger charge is 2.08. The Morgan fingerprint density at radius 2 is 2.05 bits per heavy atom. The lowest BCUT2D eigenvalue weighted by Gasteiger charge is -2.15. The van der Waals surface area contributed by atoms with Gasteiger partial charge in [0.15, 0.2) is 0 Å². The number of nitrogens with zero attached hydrogens (tertiary/aromatic N) is 1. The zero-order valence-corrected chi connectivity index (χ0v) is 11.3. The fourth-order valence-electron chi connectivity index (χ4n) is 2.05. The van der Waals surface area contributed by atoms with E-state index in [1.807, 2.05) is 31.1 Å². The lowest BCUT2D eigenvalue weighted by molar-refractivity contribution is 0.284. The molecule has 3 nitrogen and oxygen atoms in total. The van der Waals surface area contributed by atoms with E-state index in [0.29, 0.717) is 18.7 Å². The molecule has 0 fully saturated rings. The zero-order valence-electron chi connectivity index (χ0n) is 11.3. The Labute approximate surface area is 113 Å². The lowest BCUT2D eigenvalue weighted by Crippen LogP contribution is -2.17. The topological polar surface area (TPSA) is 28.4 Å². The van der Waals surface area contributed by atoms with Crippen molar-refractivity contribution < 1.29 is 8.81 Å². The van der Waals surface area contributed by atoms with E-state index in [-0.39, 0.29) is 5.82 Å². The number of benzene rings is 1. The van der Waals surface area contributed by atoms with E-state index in [9.17, 15) is 4.39 Å². The first-order valence-corrected chi connectivity index (χ1v) is 6.32. The molecule has 0 amide bonds. The van der Waals surface area contributed by atoms with E-state index in [1.165, 1.54) is 6.07 Å². The van der Waals surface area contributed by atoms with Crippen LogP contribution in [0.3, 0.4) is 0 Å². The van der Waals surface area contributed by atoms with Crippen molar-refractivity contribution in [2.24, 2.45) is 0 Å². The van der Waals surface area contributed by atoms with Crippen molar-refractivity contribution in [3.63, 3.8) is 0 Å². The second kappa shape index (κ2) is 6.50. The van der Waals surface area contributed by atoms with Gasteiger partial charge in [0.2, 0.25) is 0 Å². The number of furan rings is 1. The molecule has 1 N–H and O–H groups in total. The van der Waals surface area contributed by atoms with Crippen molar-refractivity contribution in [3.05, 3.63) is 59.3 Å². The smallest absolute Gasteiger partial charge is 0.127 e. The Balaban J connectivity index is 1.93. The largest absolute Gasteiger partial charge is 0.468 e. The first kappa shape index (κ1) is 13.8. The molecule has 0 unspecified atom stereocenters. The molecule has 4 heteroatoms. The molecule has 1 heterocycles. The van der Waals surface area contributed by atoms with Crippen LogP contribution < -0.4 is 5.32 Å². The summed E-state index contributed by atoms with van der Waals surface area (Å²) in [4.78, 5) is 2.03. The normalized spacial score (nSPS) is 11.2. The van der Waals surface area contributed by atoms with Gasteiger partial charge in [-0.1, -0.05) is 18.2 Å². The van der Waals surface area contributed by atoms with Gasteiger partial charge in [0, 0.05) is 24.2 Å². The van der Waals surface area contributed by atoms with Gasteiger partial charge in [-0.2, -0.15) is 0 Å². The van der Waals surface area contributed by atoms with Gasteiger partial charge in [-0.05, 0) is 26.2 Å². The third kappa shape index (κ3) is 3.91. The third-order valence-corrected chi connectivity index (χ3v) is 2.91. The summed E-state index contributed by atoms with van der Waals surface area (Å²) in [5.41, 5.74) is 1.82. The molecule has 2 rings (SSSR count). The van der Waals surface area contributed by atoms with Crippen molar-refractivity contribution in [3.8, 4) is 0 Å². The van der Waals surface area contributed by atoms with Crippen molar-refractivity contribution in [2.45, 2.75) is 19.6 Å². The lowest BCUT2D eigenvalue weighted by atomic mass is 10.2. The van der Waals surface area contributed by atoms with Crippen molar-refractivity contribution in [1.82, 2.24) is 10.2 Å². The number of hydrogen-bond donors (Lipinski definition) is 1. The highest BCUT2D eigenvalue weighted by Crippen LogP contribution is 2.13. The Hall–Kier alpha value is -1.65. The Kier molecular flexibility index (Phi) is 4.71. The number of hydrogen-bond acceptors (Lipinski definition) is 3. The summed E-state index contributed by atoms with van der Waals surface area (Å²) in [6, 6.07) is 8.87. The van der Waals surface area contributed by atoms with Crippen molar-refractivity contribution in [1.29, 1.82) is 0 Å². The predicted octanol–water partition coefficient (Wildman–Crippen LogP) is 2.77. The molecule has 0 radical (unpaired) electrons. The minimum absolute atomic E-state index is 0.162. The molecule has 0 saturated carbocycles. The highest BCUT2D eigenvalue weighted by atomic mass is 19.1. The number of nitrogens with one attached hydrogen (secondary N) is 1. The molecule has 19 heavy (non-hydrogen) atoms. The second-order valence-corrected chi connectivity index (χ2v) is 4.72. The molecule has 0 aliphatic heterocycles. The van der Waals surface area contributed by atoms with Crippen LogP contribution in [0.25, 0.3) is 0 Å². The van der Waals surface area contributed by atoms with E-state index >= 15 is 0 Å². The van der Waals surface area contributed by atoms with Gasteiger partial charge in [0.05, 0.1) is 12.8 Å². The van der Waals surface area contributed by atoms with Gasteiger partial charge in [0.1, 0.15) is 11.6 Å². The van der Waals surface area contributed by atoms with Crippen LogP contribution >= 0.6 is 0 Å². The van der Waals surface area contributed by atoms with E-state index in [0.717, 1.165) is 17.9 Å². The predicted molar refractivity (Wildman–Crippen MR) is 73.0 cm³/mol. The van der Waals surface area contributed by atoms with E-state index in [4.69, 9.17) is 4.42 Å². The van der Waals surface area contributed by atoms with Crippen LogP contribution in [0.5, 0.6) is 0 Å². The summed E-state index contributed by atoms with van der Waals surface area (Å²) in [5.74, 6) is 0.730. The third-order valence-electron chi connectivity index (χ3n) is 2.91. The average molecular weight is 262 g/mol. The quantitative estimate of drug-likeness (QED) is 0.867. The second-order valence-electron chi connectivity index (χ2n) is 4.72. The van der Waals surface area contributed by atoms with Crippen LogP contribution in [0.1, 0.15) is 16.9 Å². The summed E-state index contributed by atoms with van der Waals surface area (Å²) < 4.78 is 19.0. The number of halogens is 1. The van der Waals surface area contributed by atoms with Gasteiger partial charge >= 0.3 is 0 Å². The summed E-state index contributed by atoms with van der Waals surface area (Å²) >= 11 is 0. The fraction of sp³-hybridized carbons (Fsp3) is 0.333. The summed E-state index contributed by atoms with van der Waals surface area (Å²) in [7, 11) is 3.85. The van der Waals surface area contributed by atoms with E-state index in [2.05, 4.69) is 5.32 Å². The SMILES string of the molecule is CNCc1coc(CN(C)Cc2ccccc2F)c1. The Morgan fingerprint density at radius 3 is 2.79 bits per heavy atom. The maximum absolute atomic E-state index is 13.5. The molecule has 1 aromatic heterocycles. The van der Waals surface area contributed by atoms with Crippen molar-refractivity contribution in [2.75, 3.05) is 14.1 Å². The van der Waals surface area contributed by atoms with Crippen LogP contribution in [0.2, 0.25) is 0 Å². The molecule has 2 aromatic rings. The summed E-state index contributed by atoms with van der Waals surface area (Å²) in [6.07, 6.45) is 1.75. The van der Waals surface area contributed by atoms with Crippen LogP contribution in [0, 0.1) is 5.82 Å². The minimum atomic E-state index is -0.162. The van der Waals surface area contributed by atoms with Gasteiger partial charge in [-0.15, -0.1) is 0 Å². The highest BCUT2D eigenvalue weighted by molar-refractivity contribution is 5.17. The maximum Gasteiger partial charge on any atom is 0.127 e. The van der Waals surface area contributed by atoms with E-state index in [1.54, 1.807) is 18.4 Å². The van der Waals surface area contributed by atoms with Gasteiger partial charge in [-0.25, -0.2) is 4.39 Å². The summed E-state index contributed by atoms with van der Waals surface area (Å²) in [6.45, 7) is 2.02. The molecule has 0 atom stereocenters. The Bertz CT molecular complexity index is 524. The molecule has 0 aliphatic carbocycles. The molecular weight excluding hydrogens is 243 g/mol. The van der Waals surface area contributed by atoms with Crippen molar-refractivity contribution >= 4 is 0 Å². The van der Waals surface area contributed by atoms with Crippen LogP contribution in [-0.2, 0) is 19.6 Å². The van der Waals surface area contributed by atoms with Gasteiger partial charge < -0.3 is 9.73 Å². The monoisotopic (exact) mass is 262 g/mol. The molecular formula is C15H19FN2O. The van der Waals surface area contributed by atoms with Gasteiger partial charge in [0.25, 0.3) is 0 Å². The average Bonchev–Trinajstić information content (AvgIpc) is 2.80. The summed E-state index contributed by atoms with van der Waals surface area (Å²) in [5, 5.41) is 3.07. The zero-order chi connectivity index (χ0) is 13.7. The van der Waals surface area contributed by atoms with Gasteiger partial charge in [-0.3, -0.25) is 4.90 Å². The molecule has 0 saturated heterocycles. The first-order valence-electron chi connectivity index (χ1n) is 6.32. The molecule has 1 aromatic carbocycles. The minimum Gasteiger partial charge on any atom is -0.468 e. The molecule has 0 spiro atoms.